The molecule has 0 N–H and O–H groups in total. The molecule has 2 unspecified atom stereocenters. The van der Waals surface area contributed by atoms with E-state index in [9.17, 15) is 0 Å². The van der Waals surface area contributed by atoms with Crippen molar-refractivity contribution in [2.24, 2.45) is 0 Å². The van der Waals surface area contributed by atoms with Crippen LogP contribution in [0.3, 0.4) is 0 Å². The van der Waals surface area contributed by atoms with E-state index in [2.05, 4.69) is 140 Å². The summed E-state index contributed by atoms with van der Waals surface area (Å²) < 4.78 is 0. The maximum absolute atomic E-state index is 2.36. The van der Waals surface area contributed by atoms with E-state index in [0.717, 1.165) is 9.75 Å². The van der Waals surface area contributed by atoms with Crippen LogP contribution < -0.4 is 0 Å². The summed E-state index contributed by atoms with van der Waals surface area (Å²) in [7, 11) is 8.35. The topological polar surface area (TPSA) is 0 Å². The molecular weight excluding hydrogens is 521 g/mol. The fraction of sp³-hybridized carbons (Fsp3) is 1.00. The highest BCUT2D eigenvalue weighted by molar-refractivity contribution is 9.26. The van der Waals surface area contributed by atoms with Crippen molar-refractivity contribution in [2.45, 2.75) is 36.4 Å². The van der Waals surface area contributed by atoms with Gasteiger partial charge in [0.05, 0.1) is 0 Å². The van der Waals surface area contributed by atoms with E-state index in [4.69, 9.17) is 0 Å². The third-order valence-corrected chi connectivity index (χ3v) is 56.1. The Kier molecular flexibility index (Phi) is 18.3. The van der Waals surface area contributed by atoms with Crippen molar-refractivity contribution in [3.8, 4) is 0 Å². The maximum atomic E-state index is 2.36. The van der Waals surface area contributed by atoms with Crippen LogP contribution in [0.2, 0.25) is 0 Å². The minimum atomic E-state index is -1.32. The maximum Gasteiger partial charge on any atom is 0.250 e. The zero-order valence-electron chi connectivity index (χ0n) is 15.7. The zero-order valence-corrected chi connectivity index (χ0v) is 25.8. The minimum absolute atomic E-state index is 0.805. The lowest BCUT2D eigenvalue weighted by atomic mass is 10.6. The third-order valence-electron chi connectivity index (χ3n) is 3.58. The van der Waals surface area contributed by atoms with Crippen molar-refractivity contribution < 1.29 is 0 Å². The summed E-state index contributed by atoms with van der Waals surface area (Å²) in [5.41, 5.74) is -2.65. The lowest BCUT2D eigenvalue weighted by Gasteiger charge is -2.33. The first-order valence-electron chi connectivity index (χ1n) is 7.45. The summed E-state index contributed by atoms with van der Waals surface area (Å²) >= 11 is 12.9. The van der Waals surface area contributed by atoms with Gasteiger partial charge < -0.3 is 0 Å². The molecule has 0 aliphatic heterocycles. The van der Waals surface area contributed by atoms with Gasteiger partial charge in [-0.2, -0.15) is 67.3 Å². The molecule has 0 amide bonds. The Morgan fingerprint density at radius 1 is 0.542 bits per heavy atom. The fourth-order valence-electron chi connectivity index (χ4n) is 2.17. The number of rotatable bonds is 15. The molecule has 0 saturated heterocycles. The van der Waals surface area contributed by atoms with E-state index >= 15 is 0 Å². The largest absolute Gasteiger partial charge is 0.250 e. The van der Waals surface area contributed by atoms with Crippen LogP contribution in [0, 0.1) is 0 Å². The van der Waals surface area contributed by atoms with Crippen molar-refractivity contribution in [1.82, 2.24) is 0 Å². The molecule has 0 fully saturated rings. The second kappa shape index (κ2) is 15.7. The lowest BCUT2D eigenvalue weighted by molar-refractivity contribution is 1.04. The van der Waals surface area contributed by atoms with Gasteiger partial charge in [0.15, 0.2) is 0 Å². The van der Waals surface area contributed by atoms with Crippen LogP contribution in [0.1, 0.15) is 26.7 Å². The molecule has 12 heteroatoms. The van der Waals surface area contributed by atoms with E-state index in [0.29, 0.717) is 0 Å². The van der Waals surface area contributed by atoms with Gasteiger partial charge in [0, 0.05) is 9.75 Å². The first kappa shape index (κ1) is 27.9. The summed E-state index contributed by atoms with van der Waals surface area (Å²) in [5.74, 6) is 0. The molecule has 0 aliphatic carbocycles. The number of hydrogen-bond acceptors (Lipinski definition) is 10. The molecule has 24 heavy (non-hydrogen) atoms. The summed E-state index contributed by atoms with van der Waals surface area (Å²) in [5, 5.41) is 0. The predicted octanol–water partition coefficient (Wildman–Crippen LogP) is 8.36. The molecule has 0 radical (unpaired) electrons. The molecule has 0 nitrogen and oxygen atoms in total. The van der Waals surface area contributed by atoms with Crippen molar-refractivity contribution in [2.75, 3.05) is 37.5 Å². The Labute approximate surface area is 191 Å². The van der Waals surface area contributed by atoms with E-state index in [1.54, 1.807) is 0 Å². The Hall–Kier alpha value is 3.93. The molecular formula is C12H30S10Si2. The molecule has 0 aromatic carbocycles. The van der Waals surface area contributed by atoms with Crippen LogP contribution in [0.15, 0.2) is 0 Å². The molecule has 0 bridgehead atoms. The van der Waals surface area contributed by atoms with Crippen LogP contribution in [-0.2, 0) is 0 Å². The van der Waals surface area contributed by atoms with Crippen molar-refractivity contribution in [3.63, 3.8) is 0 Å². The monoisotopic (exact) mass is 550 g/mol. The molecule has 2 atom stereocenters. The van der Waals surface area contributed by atoms with Gasteiger partial charge in [-0.3, -0.25) is 0 Å². The molecule has 0 aromatic rings. The highest BCUT2D eigenvalue weighted by Crippen LogP contribution is 2.57. The minimum Gasteiger partial charge on any atom is -0.164 e. The Morgan fingerprint density at radius 3 is 0.958 bits per heavy atom. The van der Waals surface area contributed by atoms with Crippen molar-refractivity contribution in [1.29, 1.82) is 0 Å². The van der Waals surface area contributed by atoms with Gasteiger partial charge in [0.25, 0.3) is 11.0 Å². The van der Waals surface area contributed by atoms with Crippen LogP contribution in [0.4, 0.5) is 0 Å². The van der Waals surface area contributed by atoms with Gasteiger partial charge in [0.2, 0.25) is 0 Å². The molecule has 0 aromatic heterocycles. The molecule has 146 valence electrons. The third kappa shape index (κ3) is 7.99. The lowest BCUT2D eigenvalue weighted by Crippen LogP contribution is -2.35. The molecule has 0 aliphatic rings. The van der Waals surface area contributed by atoms with Gasteiger partial charge >= 0.3 is 0 Å². The highest BCUT2D eigenvalue weighted by Gasteiger charge is 2.42. The van der Waals surface area contributed by atoms with Crippen LogP contribution in [-0.4, -0.2) is 58.3 Å². The first-order valence-corrected chi connectivity index (χ1v) is 28.2. The molecule has 0 spiro atoms. The van der Waals surface area contributed by atoms with Gasteiger partial charge in [-0.05, 0) is 70.0 Å². The van der Waals surface area contributed by atoms with Gasteiger partial charge in [-0.15, -0.1) is 0 Å². The quantitative estimate of drug-likeness (QED) is 0.110. The SMILES string of the molecule is CCC(SSSSC(CC)[Si](SC)(SC)SC)[Si](SC)(SC)SC. The average Bonchev–Trinajstić information content (AvgIpc) is 2.64. The van der Waals surface area contributed by atoms with Crippen molar-refractivity contribution in [3.05, 3.63) is 0 Å². The zero-order chi connectivity index (χ0) is 18.6. The highest BCUT2D eigenvalue weighted by atomic mass is 33.7. The molecule has 0 heterocycles. The summed E-state index contributed by atoms with van der Waals surface area (Å²) in [6.45, 7) is 4.73. The normalized spacial score (nSPS) is 15.5. The summed E-state index contributed by atoms with van der Waals surface area (Å²) in [4.78, 5) is 1.61. The smallest absolute Gasteiger partial charge is 0.164 e. The number of hydrogen-bond donors (Lipinski definition) is 0. The summed E-state index contributed by atoms with van der Waals surface area (Å²) in [6.07, 6.45) is 16.5. The van der Waals surface area contributed by atoms with E-state index in [1.165, 1.54) is 12.8 Å². The van der Waals surface area contributed by atoms with E-state index in [1.807, 2.05) is 19.7 Å². The van der Waals surface area contributed by atoms with Crippen LogP contribution >= 0.6 is 109 Å². The average molecular weight is 551 g/mol. The Morgan fingerprint density at radius 2 is 0.792 bits per heavy atom. The van der Waals surface area contributed by atoms with E-state index < -0.39 is 11.0 Å². The second-order valence-electron chi connectivity index (χ2n) is 4.55. The van der Waals surface area contributed by atoms with E-state index in [-0.39, 0.29) is 0 Å². The fourth-order valence-corrected chi connectivity index (χ4v) is 48.3. The predicted molar refractivity (Wildman–Crippen MR) is 151 cm³/mol. The van der Waals surface area contributed by atoms with Crippen LogP contribution in [0.25, 0.3) is 0 Å². The van der Waals surface area contributed by atoms with Crippen molar-refractivity contribution >= 4 is 120 Å². The standard InChI is InChI=1S/C12H30S10Si2/c1-9-11(23(13-3,14-4)15-5)19-21-22-20-12(10-2)24(16-6,17-7)18-8/h11-12H,9-10H2,1-8H3. The van der Waals surface area contributed by atoms with Gasteiger partial charge in [-0.25, -0.2) is 0 Å². The molecule has 0 saturated carbocycles. The second-order valence-corrected chi connectivity index (χ2v) is 41.5. The Balaban J connectivity index is 4.63. The molecule has 0 rings (SSSR count). The van der Waals surface area contributed by atoms with Gasteiger partial charge in [-0.1, -0.05) is 35.4 Å². The summed E-state index contributed by atoms with van der Waals surface area (Å²) in [6, 6.07) is 0. The first-order chi connectivity index (χ1) is 11.5. The Bertz CT molecular complexity index is 268. The van der Waals surface area contributed by atoms with Gasteiger partial charge in [0.1, 0.15) is 0 Å². The van der Waals surface area contributed by atoms with Crippen LogP contribution in [0.5, 0.6) is 0 Å².